The molecule has 1 N–H and O–H groups in total. The van der Waals surface area contributed by atoms with Gasteiger partial charge in [-0.3, -0.25) is 14.9 Å². The summed E-state index contributed by atoms with van der Waals surface area (Å²) < 4.78 is 0. The summed E-state index contributed by atoms with van der Waals surface area (Å²) in [6.45, 7) is 8.22. The molecule has 2 bridgehead atoms. The van der Waals surface area contributed by atoms with Crippen molar-refractivity contribution in [2.75, 3.05) is 5.32 Å². The van der Waals surface area contributed by atoms with Crippen LogP contribution in [0, 0.1) is 33.3 Å². The molecule has 8 heteroatoms. The number of hydrogen-bond acceptors (Lipinski definition) is 6. The molecule has 33 heavy (non-hydrogen) atoms. The smallest absolute Gasteiger partial charge is 0.326 e. The van der Waals surface area contributed by atoms with Gasteiger partial charge < -0.3 is 10.2 Å². The highest BCUT2D eigenvalue weighted by atomic mass is 16.7. The van der Waals surface area contributed by atoms with E-state index >= 15 is 0 Å². The molecule has 172 valence electrons. The van der Waals surface area contributed by atoms with E-state index in [1.165, 1.54) is 24.3 Å². The first-order valence-electron chi connectivity index (χ1n) is 10.9. The molecule has 0 radical (unpaired) electrons. The fourth-order valence-corrected chi connectivity index (χ4v) is 5.28. The molecule has 2 aromatic carbocycles. The molecule has 0 aliphatic heterocycles. The van der Waals surface area contributed by atoms with Gasteiger partial charge in [0.2, 0.25) is 5.91 Å². The average molecular weight is 450 g/mol. The summed E-state index contributed by atoms with van der Waals surface area (Å²) in [7, 11) is 0. The van der Waals surface area contributed by atoms with E-state index in [0.29, 0.717) is 12.1 Å². The van der Waals surface area contributed by atoms with Gasteiger partial charge >= 0.3 is 5.97 Å². The molecule has 2 saturated carbocycles. The van der Waals surface area contributed by atoms with E-state index in [1.807, 2.05) is 31.2 Å². The lowest BCUT2D eigenvalue weighted by Crippen LogP contribution is -2.43. The summed E-state index contributed by atoms with van der Waals surface area (Å²) in [4.78, 5) is 41.5. The third kappa shape index (κ3) is 3.50. The third-order valence-electron chi connectivity index (χ3n) is 8.03. The van der Waals surface area contributed by atoms with Gasteiger partial charge in [0.15, 0.2) is 0 Å². The largest absolute Gasteiger partial charge is 0.365 e. The molecule has 2 unspecified atom stereocenters. The topological polar surface area (TPSA) is 111 Å². The molecule has 2 atom stereocenters. The van der Waals surface area contributed by atoms with Crippen LogP contribution in [0.2, 0.25) is 0 Å². The van der Waals surface area contributed by atoms with E-state index in [1.54, 1.807) is 0 Å². The zero-order valence-electron chi connectivity index (χ0n) is 19.2. The number of anilines is 1. The van der Waals surface area contributed by atoms with Gasteiger partial charge in [0, 0.05) is 29.7 Å². The SMILES string of the molecule is Cc1ccc(NC(=O)C23CCC(C)(C(=NOC(=O)c4ccc([N+](=O)[O-])cc4)C2)C3(C)C)cc1. The molecule has 8 nitrogen and oxygen atoms in total. The summed E-state index contributed by atoms with van der Waals surface area (Å²) in [6, 6.07) is 12.9. The van der Waals surface area contributed by atoms with Crippen molar-refractivity contribution in [3.63, 3.8) is 0 Å². The van der Waals surface area contributed by atoms with Crippen LogP contribution in [0.25, 0.3) is 0 Å². The lowest BCUT2D eigenvalue weighted by Gasteiger charge is -2.39. The maximum Gasteiger partial charge on any atom is 0.365 e. The number of rotatable bonds is 5. The van der Waals surface area contributed by atoms with Crippen molar-refractivity contribution in [2.24, 2.45) is 21.4 Å². The van der Waals surface area contributed by atoms with Crippen molar-refractivity contribution < 1.29 is 19.3 Å². The summed E-state index contributed by atoms with van der Waals surface area (Å²) >= 11 is 0. The van der Waals surface area contributed by atoms with Gasteiger partial charge in [-0.25, -0.2) is 4.79 Å². The second-order valence-electron chi connectivity index (χ2n) is 9.76. The average Bonchev–Trinajstić information content (AvgIpc) is 3.09. The highest BCUT2D eigenvalue weighted by Crippen LogP contribution is 2.71. The number of oxime groups is 1. The summed E-state index contributed by atoms with van der Waals surface area (Å²) in [5.74, 6) is -0.744. The standard InChI is InChI=1S/C25H27N3O5/c1-16-5-9-18(10-6-16)26-22(30)25-14-13-24(4,23(25,2)3)20(15-25)27-33-21(29)17-7-11-19(12-8-17)28(31)32/h5-12H,13-15H2,1-4H3,(H,26,30). The summed E-state index contributed by atoms with van der Waals surface area (Å²) in [5, 5.41) is 18.1. The number of nitrogens with one attached hydrogen (secondary N) is 1. The van der Waals surface area contributed by atoms with Crippen molar-refractivity contribution in [2.45, 2.75) is 47.0 Å². The Morgan fingerprint density at radius 2 is 1.67 bits per heavy atom. The first-order chi connectivity index (χ1) is 15.5. The van der Waals surface area contributed by atoms with Crippen LogP contribution in [0.3, 0.4) is 0 Å². The fourth-order valence-electron chi connectivity index (χ4n) is 5.28. The molecule has 4 rings (SSSR count). The van der Waals surface area contributed by atoms with Crippen LogP contribution in [0.15, 0.2) is 53.7 Å². The van der Waals surface area contributed by atoms with Crippen LogP contribution in [0.4, 0.5) is 11.4 Å². The number of non-ortho nitro benzene ring substituents is 1. The van der Waals surface area contributed by atoms with E-state index in [-0.39, 0.29) is 17.2 Å². The van der Waals surface area contributed by atoms with Crippen molar-refractivity contribution >= 4 is 29.0 Å². The fraction of sp³-hybridized carbons (Fsp3) is 0.400. The number of carbonyl (C=O) groups excluding carboxylic acids is 2. The van der Waals surface area contributed by atoms with Crippen LogP contribution < -0.4 is 5.32 Å². The Morgan fingerprint density at radius 3 is 2.27 bits per heavy atom. The first-order valence-corrected chi connectivity index (χ1v) is 10.9. The summed E-state index contributed by atoms with van der Waals surface area (Å²) in [5.41, 5.74) is 1.16. The number of nitro benzene ring substituents is 1. The Hall–Kier alpha value is -3.55. The number of hydrogen-bond donors (Lipinski definition) is 1. The van der Waals surface area contributed by atoms with E-state index < -0.39 is 27.1 Å². The predicted molar refractivity (Wildman–Crippen MR) is 124 cm³/mol. The second-order valence-corrected chi connectivity index (χ2v) is 9.76. The zero-order valence-corrected chi connectivity index (χ0v) is 19.2. The molecule has 2 aromatic rings. The molecular weight excluding hydrogens is 422 g/mol. The van der Waals surface area contributed by atoms with Gasteiger partial charge in [0.05, 0.1) is 21.6 Å². The normalized spacial score (nSPS) is 26.2. The zero-order chi connectivity index (χ0) is 24.0. The molecular formula is C25H27N3O5. The van der Waals surface area contributed by atoms with Crippen LogP contribution in [-0.2, 0) is 9.63 Å². The predicted octanol–water partition coefficient (Wildman–Crippen LogP) is 5.27. The van der Waals surface area contributed by atoms with Gasteiger partial charge in [-0.2, -0.15) is 0 Å². The van der Waals surface area contributed by atoms with Crippen molar-refractivity contribution in [3.05, 3.63) is 69.8 Å². The number of amides is 1. The Morgan fingerprint density at radius 1 is 1.03 bits per heavy atom. The van der Waals surface area contributed by atoms with Gasteiger partial charge in [-0.15, -0.1) is 0 Å². The Kier molecular flexibility index (Phi) is 5.35. The molecule has 1 amide bonds. The van der Waals surface area contributed by atoms with Gasteiger partial charge in [0.25, 0.3) is 5.69 Å². The van der Waals surface area contributed by atoms with Crippen LogP contribution in [-0.4, -0.2) is 22.5 Å². The summed E-state index contributed by atoms with van der Waals surface area (Å²) in [6.07, 6.45) is 1.89. The second kappa shape index (κ2) is 7.79. The number of benzene rings is 2. The Bertz CT molecular complexity index is 1150. The minimum Gasteiger partial charge on any atom is -0.326 e. The van der Waals surface area contributed by atoms with Gasteiger partial charge in [-0.05, 0) is 49.4 Å². The maximum absolute atomic E-state index is 13.5. The van der Waals surface area contributed by atoms with Crippen LogP contribution in [0.5, 0.6) is 0 Å². The van der Waals surface area contributed by atoms with Crippen molar-refractivity contribution in [1.82, 2.24) is 0 Å². The number of nitro groups is 1. The van der Waals surface area contributed by atoms with Gasteiger partial charge in [-0.1, -0.05) is 43.6 Å². The third-order valence-corrected chi connectivity index (χ3v) is 8.03. The first kappa shape index (κ1) is 22.6. The van der Waals surface area contributed by atoms with Crippen LogP contribution >= 0.6 is 0 Å². The lowest BCUT2D eigenvalue weighted by molar-refractivity contribution is -0.384. The molecule has 2 aliphatic rings. The number of carbonyl (C=O) groups is 2. The molecule has 0 aromatic heterocycles. The van der Waals surface area contributed by atoms with E-state index in [0.717, 1.165) is 24.1 Å². The highest BCUT2D eigenvalue weighted by Gasteiger charge is 2.71. The molecule has 2 fully saturated rings. The Balaban J connectivity index is 1.55. The number of fused-ring (bicyclic) bond motifs is 2. The lowest BCUT2D eigenvalue weighted by atomic mass is 9.64. The van der Waals surface area contributed by atoms with Crippen LogP contribution in [0.1, 0.15) is 56.0 Å². The van der Waals surface area contributed by atoms with Gasteiger partial charge in [0.1, 0.15) is 0 Å². The minimum atomic E-state index is -0.695. The number of nitrogens with zero attached hydrogens (tertiary/aromatic N) is 2. The van der Waals surface area contributed by atoms with E-state index in [4.69, 9.17) is 4.84 Å². The molecule has 2 aliphatic carbocycles. The Labute approximate surface area is 192 Å². The van der Waals surface area contributed by atoms with Crippen molar-refractivity contribution in [3.8, 4) is 0 Å². The van der Waals surface area contributed by atoms with Crippen molar-refractivity contribution in [1.29, 1.82) is 0 Å². The quantitative estimate of drug-likeness (QED) is 0.380. The molecule has 0 heterocycles. The van der Waals surface area contributed by atoms with E-state index in [2.05, 4.69) is 31.2 Å². The molecule has 0 saturated heterocycles. The monoisotopic (exact) mass is 449 g/mol. The maximum atomic E-state index is 13.5. The molecule has 0 spiro atoms. The minimum absolute atomic E-state index is 0.0491. The number of aryl methyl sites for hydroxylation is 1. The highest BCUT2D eigenvalue weighted by molar-refractivity contribution is 6.06. The van der Waals surface area contributed by atoms with E-state index in [9.17, 15) is 19.7 Å².